The first-order chi connectivity index (χ1) is 7.77. The van der Waals surface area contributed by atoms with Crippen LogP contribution in [-0.4, -0.2) is 48.1 Å². The Morgan fingerprint density at radius 1 is 1.25 bits per heavy atom. The summed E-state index contributed by atoms with van der Waals surface area (Å²) in [6, 6.07) is 1.53. The van der Waals surface area contributed by atoms with Gasteiger partial charge in [0, 0.05) is 24.4 Å². The molecule has 2 rings (SSSR count). The molecule has 1 saturated carbocycles. The fourth-order valence-corrected chi connectivity index (χ4v) is 3.66. The average Bonchev–Trinajstić information content (AvgIpc) is 2.44. The van der Waals surface area contributed by atoms with Gasteiger partial charge in [-0.05, 0) is 44.0 Å². The SMILES string of the molecule is CC(C)NCC1CCC1N1CCCSCC1. The zero-order valence-electron chi connectivity index (χ0n) is 10.7. The van der Waals surface area contributed by atoms with Gasteiger partial charge in [0.15, 0.2) is 0 Å². The molecule has 0 aromatic carbocycles. The van der Waals surface area contributed by atoms with E-state index in [-0.39, 0.29) is 0 Å². The number of nitrogens with zero attached hydrogens (tertiary/aromatic N) is 1. The first-order valence-corrected chi connectivity index (χ1v) is 7.98. The molecule has 0 aromatic heterocycles. The van der Waals surface area contributed by atoms with Gasteiger partial charge in [-0.3, -0.25) is 4.90 Å². The maximum Gasteiger partial charge on any atom is 0.0136 e. The lowest BCUT2D eigenvalue weighted by atomic mass is 9.78. The standard InChI is InChI=1S/C13H26N2S/c1-11(2)14-10-12-4-5-13(12)15-6-3-8-16-9-7-15/h11-14H,3-10H2,1-2H3. The van der Waals surface area contributed by atoms with E-state index in [1.54, 1.807) is 0 Å². The lowest BCUT2D eigenvalue weighted by molar-refractivity contribution is 0.0672. The van der Waals surface area contributed by atoms with Gasteiger partial charge in [0.05, 0.1) is 0 Å². The largest absolute Gasteiger partial charge is 0.314 e. The molecule has 1 heterocycles. The molecule has 16 heavy (non-hydrogen) atoms. The van der Waals surface area contributed by atoms with Crippen molar-refractivity contribution in [3.05, 3.63) is 0 Å². The summed E-state index contributed by atoms with van der Waals surface area (Å²) < 4.78 is 0. The van der Waals surface area contributed by atoms with Crippen molar-refractivity contribution < 1.29 is 0 Å². The summed E-state index contributed by atoms with van der Waals surface area (Å²) in [7, 11) is 0. The third-order valence-electron chi connectivity index (χ3n) is 3.89. The first kappa shape index (κ1) is 12.7. The molecule has 2 aliphatic rings. The van der Waals surface area contributed by atoms with Crippen LogP contribution in [0.15, 0.2) is 0 Å². The molecule has 0 aromatic rings. The van der Waals surface area contributed by atoms with Crippen LogP contribution in [0, 0.1) is 5.92 Å². The highest BCUT2D eigenvalue weighted by Crippen LogP contribution is 2.32. The Kier molecular flexibility index (Phi) is 4.98. The zero-order valence-corrected chi connectivity index (χ0v) is 11.6. The van der Waals surface area contributed by atoms with Crippen LogP contribution in [0.5, 0.6) is 0 Å². The summed E-state index contributed by atoms with van der Waals surface area (Å²) in [6.45, 7) is 8.39. The van der Waals surface area contributed by atoms with Crippen LogP contribution in [0.2, 0.25) is 0 Å². The van der Waals surface area contributed by atoms with Crippen molar-refractivity contribution in [2.45, 2.75) is 45.2 Å². The molecule has 3 heteroatoms. The van der Waals surface area contributed by atoms with Gasteiger partial charge in [-0.2, -0.15) is 11.8 Å². The fraction of sp³-hybridized carbons (Fsp3) is 1.00. The normalized spacial score (nSPS) is 32.4. The van der Waals surface area contributed by atoms with Gasteiger partial charge in [-0.25, -0.2) is 0 Å². The van der Waals surface area contributed by atoms with Crippen molar-refractivity contribution in [3.8, 4) is 0 Å². The fourth-order valence-electron chi connectivity index (χ4n) is 2.75. The van der Waals surface area contributed by atoms with Crippen LogP contribution >= 0.6 is 11.8 Å². The summed E-state index contributed by atoms with van der Waals surface area (Å²) in [5.41, 5.74) is 0. The van der Waals surface area contributed by atoms with E-state index in [9.17, 15) is 0 Å². The third kappa shape index (κ3) is 3.38. The van der Waals surface area contributed by atoms with E-state index in [0.29, 0.717) is 6.04 Å². The van der Waals surface area contributed by atoms with Gasteiger partial charge >= 0.3 is 0 Å². The molecule has 1 N–H and O–H groups in total. The summed E-state index contributed by atoms with van der Waals surface area (Å²) in [4.78, 5) is 2.76. The predicted octanol–water partition coefficient (Wildman–Crippen LogP) is 2.20. The Hall–Kier alpha value is 0.270. The Morgan fingerprint density at radius 3 is 2.81 bits per heavy atom. The molecule has 2 nitrogen and oxygen atoms in total. The maximum atomic E-state index is 3.60. The van der Waals surface area contributed by atoms with E-state index in [0.717, 1.165) is 12.0 Å². The van der Waals surface area contributed by atoms with Crippen molar-refractivity contribution in [1.82, 2.24) is 10.2 Å². The second-order valence-corrected chi connectivity index (χ2v) is 6.69. The van der Waals surface area contributed by atoms with Crippen LogP contribution in [0.25, 0.3) is 0 Å². The minimum Gasteiger partial charge on any atom is -0.314 e. The van der Waals surface area contributed by atoms with Crippen molar-refractivity contribution in [2.75, 3.05) is 31.1 Å². The number of thioether (sulfide) groups is 1. The Bertz CT molecular complexity index is 200. The average molecular weight is 242 g/mol. The van der Waals surface area contributed by atoms with Crippen LogP contribution in [0.3, 0.4) is 0 Å². The van der Waals surface area contributed by atoms with Crippen molar-refractivity contribution >= 4 is 11.8 Å². The molecule has 2 unspecified atom stereocenters. The van der Waals surface area contributed by atoms with Crippen LogP contribution in [0.1, 0.15) is 33.1 Å². The molecule has 2 atom stereocenters. The Morgan fingerprint density at radius 2 is 2.12 bits per heavy atom. The van der Waals surface area contributed by atoms with Gasteiger partial charge in [0.25, 0.3) is 0 Å². The summed E-state index contributed by atoms with van der Waals surface area (Å²) in [6.07, 6.45) is 4.27. The molecular formula is C13H26N2S. The van der Waals surface area contributed by atoms with E-state index < -0.39 is 0 Å². The van der Waals surface area contributed by atoms with Gasteiger partial charge in [0.1, 0.15) is 0 Å². The topological polar surface area (TPSA) is 15.3 Å². The van der Waals surface area contributed by atoms with E-state index in [1.807, 2.05) is 0 Å². The number of hydrogen-bond donors (Lipinski definition) is 1. The van der Waals surface area contributed by atoms with Gasteiger partial charge in [0.2, 0.25) is 0 Å². The second-order valence-electron chi connectivity index (χ2n) is 5.47. The van der Waals surface area contributed by atoms with Crippen molar-refractivity contribution in [1.29, 1.82) is 0 Å². The summed E-state index contributed by atoms with van der Waals surface area (Å²) >= 11 is 2.13. The minimum atomic E-state index is 0.640. The molecule has 0 bridgehead atoms. The first-order valence-electron chi connectivity index (χ1n) is 6.82. The Labute approximate surface area is 105 Å². The van der Waals surface area contributed by atoms with E-state index in [1.165, 1.54) is 50.4 Å². The molecule has 0 spiro atoms. The van der Waals surface area contributed by atoms with Gasteiger partial charge in [-0.15, -0.1) is 0 Å². The molecule has 1 aliphatic heterocycles. The number of hydrogen-bond acceptors (Lipinski definition) is 3. The summed E-state index contributed by atoms with van der Waals surface area (Å²) in [5, 5.41) is 3.60. The zero-order chi connectivity index (χ0) is 11.4. The highest BCUT2D eigenvalue weighted by Gasteiger charge is 2.35. The molecule has 94 valence electrons. The predicted molar refractivity (Wildman–Crippen MR) is 73.2 cm³/mol. The highest BCUT2D eigenvalue weighted by atomic mass is 32.2. The number of rotatable bonds is 4. The van der Waals surface area contributed by atoms with Crippen LogP contribution in [-0.2, 0) is 0 Å². The molecule has 0 radical (unpaired) electrons. The molecule has 1 saturated heterocycles. The quantitative estimate of drug-likeness (QED) is 0.814. The van der Waals surface area contributed by atoms with Gasteiger partial charge < -0.3 is 5.32 Å². The van der Waals surface area contributed by atoms with E-state index >= 15 is 0 Å². The van der Waals surface area contributed by atoms with Crippen molar-refractivity contribution in [3.63, 3.8) is 0 Å². The molecular weight excluding hydrogens is 216 g/mol. The highest BCUT2D eigenvalue weighted by molar-refractivity contribution is 7.99. The minimum absolute atomic E-state index is 0.640. The second kappa shape index (κ2) is 6.27. The smallest absolute Gasteiger partial charge is 0.0136 e. The van der Waals surface area contributed by atoms with Gasteiger partial charge in [-0.1, -0.05) is 13.8 Å². The maximum absolute atomic E-state index is 3.60. The van der Waals surface area contributed by atoms with Crippen LogP contribution in [0.4, 0.5) is 0 Å². The van der Waals surface area contributed by atoms with E-state index in [2.05, 4.69) is 35.8 Å². The van der Waals surface area contributed by atoms with Crippen molar-refractivity contribution in [2.24, 2.45) is 5.92 Å². The lowest BCUT2D eigenvalue weighted by Gasteiger charge is -2.44. The summed E-state index contributed by atoms with van der Waals surface area (Å²) in [5.74, 6) is 3.64. The lowest BCUT2D eigenvalue weighted by Crippen LogP contribution is -2.51. The number of nitrogens with one attached hydrogen (secondary N) is 1. The van der Waals surface area contributed by atoms with E-state index in [4.69, 9.17) is 0 Å². The molecule has 1 aliphatic carbocycles. The molecule has 2 fully saturated rings. The monoisotopic (exact) mass is 242 g/mol. The Balaban J connectivity index is 1.75. The third-order valence-corrected chi connectivity index (χ3v) is 4.94. The van der Waals surface area contributed by atoms with Crippen LogP contribution < -0.4 is 5.32 Å². The molecule has 0 amide bonds.